The zero-order valence-corrected chi connectivity index (χ0v) is 12.3. The van der Waals surface area contributed by atoms with Gasteiger partial charge in [0.15, 0.2) is 0 Å². The van der Waals surface area contributed by atoms with Crippen molar-refractivity contribution in [3.05, 3.63) is 36.2 Å². The molecule has 5 nitrogen and oxygen atoms in total. The predicted molar refractivity (Wildman–Crippen MR) is 76.7 cm³/mol. The fourth-order valence-corrected chi connectivity index (χ4v) is 2.33. The highest BCUT2D eigenvalue weighted by atomic mass is 32.2. The van der Waals surface area contributed by atoms with E-state index in [4.69, 9.17) is 0 Å². The number of hydrogen-bond donors (Lipinski definition) is 1. The van der Waals surface area contributed by atoms with Gasteiger partial charge in [0.25, 0.3) is 11.7 Å². The third-order valence-electron chi connectivity index (χ3n) is 2.62. The summed E-state index contributed by atoms with van der Waals surface area (Å²) in [5, 5.41) is 6.76. The van der Waals surface area contributed by atoms with Gasteiger partial charge in [-0.05, 0) is 37.7 Å². The zero-order chi connectivity index (χ0) is 15.4. The van der Waals surface area contributed by atoms with Gasteiger partial charge in [0, 0.05) is 18.3 Å². The van der Waals surface area contributed by atoms with E-state index in [-0.39, 0.29) is 28.4 Å². The van der Waals surface area contributed by atoms with Gasteiger partial charge in [0.1, 0.15) is 10.8 Å². The van der Waals surface area contributed by atoms with Crippen LogP contribution < -0.4 is 5.32 Å². The molecule has 0 unspecified atom stereocenters. The van der Waals surface area contributed by atoms with Crippen LogP contribution in [0.1, 0.15) is 30.2 Å². The van der Waals surface area contributed by atoms with Crippen LogP contribution in [-0.4, -0.2) is 26.4 Å². The number of carbonyl (C=O) groups excluding carboxylic acids is 1. The highest BCUT2D eigenvalue weighted by Gasteiger charge is 2.18. The number of halogens is 2. The van der Waals surface area contributed by atoms with E-state index >= 15 is 0 Å². The van der Waals surface area contributed by atoms with E-state index in [0.29, 0.717) is 5.82 Å². The van der Waals surface area contributed by atoms with Crippen molar-refractivity contribution in [3.63, 3.8) is 0 Å². The second-order valence-electron chi connectivity index (χ2n) is 4.44. The molecule has 0 atom stereocenters. The smallest absolute Gasteiger partial charge is 0.290 e. The number of thioether (sulfide) groups is 1. The van der Waals surface area contributed by atoms with E-state index < -0.39 is 11.7 Å². The molecular weight excluding hydrogens is 298 g/mol. The second kappa shape index (κ2) is 6.66. The summed E-state index contributed by atoms with van der Waals surface area (Å²) < 4.78 is 26.6. The summed E-state index contributed by atoms with van der Waals surface area (Å²) in [6, 6.07) is 4.71. The summed E-state index contributed by atoms with van der Waals surface area (Å²) >= 11 is 0.249. The maximum absolute atomic E-state index is 12.5. The average molecular weight is 312 g/mol. The Bertz CT molecular complexity index is 630. The molecule has 0 fully saturated rings. The van der Waals surface area contributed by atoms with E-state index in [9.17, 15) is 13.6 Å². The first-order chi connectivity index (χ1) is 9.99. The third-order valence-corrected chi connectivity index (χ3v) is 3.34. The lowest BCUT2D eigenvalue weighted by molar-refractivity contribution is 0.102. The monoisotopic (exact) mass is 312 g/mol. The first-order valence-corrected chi connectivity index (χ1v) is 7.11. The Morgan fingerprint density at radius 2 is 2.10 bits per heavy atom. The summed E-state index contributed by atoms with van der Waals surface area (Å²) in [4.78, 5) is 16.1. The van der Waals surface area contributed by atoms with Crippen molar-refractivity contribution >= 4 is 23.5 Å². The lowest BCUT2D eigenvalue weighted by atomic mass is 10.2. The van der Waals surface area contributed by atoms with Gasteiger partial charge in [-0.3, -0.25) is 4.79 Å². The molecule has 21 heavy (non-hydrogen) atoms. The molecule has 0 spiro atoms. The lowest BCUT2D eigenvalue weighted by Gasteiger charge is -2.12. The number of amides is 1. The molecule has 2 heterocycles. The molecule has 2 aromatic heterocycles. The Morgan fingerprint density at radius 1 is 1.33 bits per heavy atom. The van der Waals surface area contributed by atoms with E-state index in [1.165, 1.54) is 18.3 Å². The fourth-order valence-electron chi connectivity index (χ4n) is 1.75. The Morgan fingerprint density at radius 3 is 2.76 bits per heavy atom. The van der Waals surface area contributed by atoms with Crippen LogP contribution in [0.3, 0.4) is 0 Å². The normalized spacial score (nSPS) is 11.1. The highest BCUT2D eigenvalue weighted by Crippen LogP contribution is 2.27. The van der Waals surface area contributed by atoms with Crippen molar-refractivity contribution < 1.29 is 13.6 Å². The van der Waals surface area contributed by atoms with Gasteiger partial charge < -0.3 is 5.32 Å². The number of aromatic nitrogens is 3. The van der Waals surface area contributed by atoms with Crippen LogP contribution in [0.25, 0.3) is 0 Å². The van der Waals surface area contributed by atoms with E-state index in [0.717, 1.165) is 0 Å². The molecule has 0 bridgehead atoms. The van der Waals surface area contributed by atoms with Crippen molar-refractivity contribution in [1.82, 2.24) is 14.8 Å². The summed E-state index contributed by atoms with van der Waals surface area (Å²) in [6.07, 6.45) is 2.94. The molecule has 0 aliphatic rings. The van der Waals surface area contributed by atoms with Gasteiger partial charge >= 0.3 is 0 Å². The van der Waals surface area contributed by atoms with Crippen LogP contribution in [0.4, 0.5) is 14.6 Å². The first-order valence-electron chi connectivity index (χ1n) is 6.23. The molecule has 0 aliphatic carbocycles. The molecule has 0 radical (unpaired) electrons. The summed E-state index contributed by atoms with van der Waals surface area (Å²) in [5.41, 5.74) is 0.110. The van der Waals surface area contributed by atoms with Crippen LogP contribution in [0.5, 0.6) is 0 Å². The Kier molecular flexibility index (Phi) is 4.89. The number of hydrogen-bond acceptors (Lipinski definition) is 4. The summed E-state index contributed by atoms with van der Waals surface area (Å²) in [7, 11) is 0. The minimum atomic E-state index is -2.63. The summed E-state index contributed by atoms with van der Waals surface area (Å²) in [5.74, 6) is -2.62. The molecule has 0 saturated carbocycles. The number of nitrogens with zero attached hydrogens (tertiary/aromatic N) is 3. The Labute approximate surface area is 124 Å². The van der Waals surface area contributed by atoms with Crippen molar-refractivity contribution in [2.24, 2.45) is 0 Å². The molecule has 8 heteroatoms. The van der Waals surface area contributed by atoms with Crippen molar-refractivity contribution in [2.45, 2.75) is 30.7 Å². The minimum Gasteiger partial charge on any atom is -0.307 e. The topological polar surface area (TPSA) is 59.8 Å². The number of anilines is 1. The summed E-state index contributed by atoms with van der Waals surface area (Å²) in [6.45, 7) is 3.84. The van der Waals surface area contributed by atoms with Crippen LogP contribution in [-0.2, 0) is 0 Å². The molecule has 1 amide bonds. The van der Waals surface area contributed by atoms with Crippen molar-refractivity contribution in [1.29, 1.82) is 0 Å². The maximum Gasteiger partial charge on any atom is 0.290 e. The van der Waals surface area contributed by atoms with Gasteiger partial charge in [-0.15, -0.1) is 0 Å². The van der Waals surface area contributed by atoms with Gasteiger partial charge in [-0.2, -0.15) is 13.9 Å². The Balaban J connectivity index is 2.22. The first kappa shape index (κ1) is 15.4. The molecule has 2 rings (SSSR count). The minimum absolute atomic E-state index is 0.000567. The van der Waals surface area contributed by atoms with Crippen LogP contribution in [0.15, 0.2) is 35.6 Å². The molecule has 2 aromatic rings. The third kappa shape index (κ3) is 3.78. The molecular formula is C13H14F2N4OS. The van der Waals surface area contributed by atoms with Gasteiger partial charge in [-0.1, -0.05) is 0 Å². The predicted octanol–water partition coefficient (Wildman–Crippen LogP) is 3.43. The molecule has 1 N–H and O–H groups in total. The number of rotatable bonds is 5. The van der Waals surface area contributed by atoms with Crippen LogP contribution in [0, 0.1) is 0 Å². The average Bonchev–Trinajstić information content (AvgIpc) is 2.86. The number of alkyl halides is 2. The van der Waals surface area contributed by atoms with Gasteiger partial charge in [0.05, 0.1) is 11.8 Å². The van der Waals surface area contributed by atoms with Crippen LogP contribution in [0.2, 0.25) is 0 Å². The number of carbonyl (C=O) groups is 1. The lowest BCUT2D eigenvalue weighted by Crippen LogP contribution is -2.18. The molecule has 0 aromatic carbocycles. The Hall–Kier alpha value is -1.96. The standard InChI is InChI=1S/C13H14F2N4OS/c1-8(2)19-10(5-7-17-19)18-11(20)9-4-3-6-16-12(9)21-13(14)15/h3-8,13H,1-2H3,(H,18,20). The van der Waals surface area contributed by atoms with E-state index in [1.54, 1.807) is 16.9 Å². The maximum atomic E-state index is 12.5. The van der Waals surface area contributed by atoms with E-state index in [2.05, 4.69) is 15.4 Å². The SMILES string of the molecule is CC(C)n1nccc1NC(=O)c1cccnc1SC(F)F. The quantitative estimate of drug-likeness (QED) is 0.859. The molecule has 0 saturated heterocycles. The molecule has 112 valence electrons. The largest absolute Gasteiger partial charge is 0.307 e. The van der Waals surface area contributed by atoms with E-state index in [1.807, 2.05) is 13.8 Å². The number of nitrogens with one attached hydrogen (secondary N) is 1. The fraction of sp³-hybridized carbons (Fsp3) is 0.308. The second-order valence-corrected chi connectivity index (χ2v) is 5.42. The zero-order valence-electron chi connectivity index (χ0n) is 11.5. The van der Waals surface area contributed by atoms with Crippen molar-refractivity contribution in [2.75, 3.05) is 5.32 Å². The highest BCUT2D eigenvalue weighted by molar-refractivity contribution is 7.99. The number of pyridine rings is 1. The molecule has 0 aliphatic heterocycles. The van der Waals surface area contributed by atoms with Crippen LogP contribution >= 0.6 is 11.8 Å². The van der Waals surface area contributed by atoms with Crippen molar-refractivity contribution in [3.8, 4) is 0 Å². The van der Waals surface area contributed by atoms with Gasteiger partial charge in [-0.25, -0.2) is 9.67 Å². The van der Waals surface area contributed by atoms with Gasteiger partial charge in [0.2, 0.25) is 0 Å².